The second-order valence-corrected chi connectivity index (χ2v) is 8.72. The normalized spacial score (nSPS) is 17.3. The quantitative estimate of drug-likeness (QED) is 0.637. The molecule has 0 N–H and O–H groups in total. The molecule has 2 aliphatic rings. The maximum atomic E-state index is 12.7. The van der Waals surface area contributed by atoms with Crippen molar-refractivity contribution in [3.05, 3.63) is 65.5 Å². The molecule has 7 heteroatoms. The minimum atomic E-state index is 0.100. The summed E-state index contributed by atoms with van der Waals surface area (Å²) < 4.78 is 2.11. The van der Waals surface area contributed by atoms with Crippen LogP contribution in [0.5, 0.6) is 0 Å². The molecule has 3 aromatic rings. The van der Waals surface area contributed by atoms with Crippen LogP contribution in [-0.2, 0) is 13.6 Å². The molecule has 32 heavy (non-hydrogen) atoms. The van der Waals surface area contributed by atoms with Crippen molar-refractivity contribution in [1.29, 1.82) is 0 Å². The minimum Gasteiger partial charge on any atom is -0.339 e. The topological polar surface area (TPSA) is 61.7 Å². The zero-order valence-electron chi connectivity index (χ0n) is 18.5. The molecule has 2 saturated heterocycles. The number of aromatic nitrogens is 2. The van der Waals surface area contributed by atoms with Gasteiger partial charge in [-0.15, -0.1) is 0 Å². The number of likely N-dealkylation sites (tertiary alicyclic amines) is 1. The molecule has 2 fully saturated rings. The van der Waals surface area contributed by atoms with Gasteiger partial charge in [-0.25, -0.2) is 4.98 Å². The Labute approximate surface area is 188 Å². The van der Waals surface area contributed by atoms with E-state index < -0.39 is 0 Å². The number of imidazole rings is 1. The lowest BCUT2D eigenvalue weighted by Crippen LogP contribution is -2.48. The summed E-state index contributed by atoms with van der Waals surface area (Å²) in [6.07, 6.45) is 2.18. The van der Waals surface area contributed by atoms with Gasteiger partial charge < -0.3 is 14.4 Å². The van der Waals surface area contributed by atoms with Crippen LogP contribution in [0.15, 0.2) is 48.5 Å². The van der Waals surface area contributed by atoms with Crippen LogP contribution in [0.4, 0.5) is 0 Å². The Morgan fingerprint density at radius 2 is 1.47 bits per heavy atom. The Balaban J connectivity index is 1.25. The fourth-order valence-electron chi connectivity index (χ4n) is 4.70. The number of piperazine rings is 1. The number of fused-ring (bicyclic) bond motifs is 1. The number of nitrogens with zero attached hydrogens (tertiary/aromatic N) is 5. The van der Waals surface area contributed by atoms with E-state index in [9.17, 15) is 9.59 Å². The molecule has 2 amide bonds. The number of rotatable bonds is 4. The Kier molecular flexibility index (Phi) is 5.66. The van der Waals surface area contributed by atoms with Gasteiger partial charge in [0.1, 0.15) is 5.82 Å². The van der Waals surface area contributed by atoms with Gasteiger partial charge in [-0.2, -0.15) is 0 Å². The highest BCUT2D eigenvalue weighted by molar-refractivity contribution is 5.97. The third-order valence-electron chi connectivity index (χ3n) is 6.66. The van der Waals surface area contributed by atoms with Crippen molar-refractivity contribution in [2.24, 2.45) is 7.05 Å². The maximum absolute atomic E-state index is 12.7. The van der Waals surface area contributed by atoms with Crippen LogP contribution in [0.1, 0.15) is 39.4 Å². The molecule has 166 valence electrons. The molecule has 0 spiro atoms. The van der Waals surface area contributed by atoms with E-state index in [2.05, 4.69) is 9.47 Å². The van der Waals surface area contributed by atoms with Gasteiger partial charge in [0.2, 0.25) is 0 Å². The Bertz CT molecular complexity index is 1130. The van der Waals surface area contributed by atoms with Gasteiger partial charge in [-0.3, -0.25) is 14.5 Å². The Morgan fingerprint density at radius 3 is 2.19 bits per heavy atom. The number of aryl methyl sites for hydroxylation is 1. The summed E-state index contributed by atoms with van der Waals surface area (Å²) in [5, 5.41) is 0. The Hall–Kier alpha value is -3.19. The highest BCUT2D eigenvalue weighted by Crippen LogP contribution is 2.21. The molecule has 0 aliphatic carbocycles. The second kappa shape index (κ2) is 8.74. The lowest BCUT2D eigenvalue weighted by Gasteiger charge is -2.34. The molecule has 1 aromatic heterocycles. The van der Waals surface area contributed by atoms with Crippen LogP contribution in [-0.4, -0.2) is 75.3 Å². The number of hydrogen-bond acceptors (Lipinski definition) is 4. The Morgan fingerprint density at radius 1 is 0.812 bits per heavy atom. The molecule has 2 aliphatic heterocycles. The third-order valence-corrected chi connectivity index (χ3v) is 6.66. The largest absolute Gasteiger partial charge is 0.339 e. The summed E-state index contributed by atoms with van der Waals surface area (Å²) >= 11 is 0. The first-order valence-corrected chi connectivity index (χ1v) is 11.4. The van der Waals surface area contributed by atoms with Crippen molar-refractivity contribution in [2.75, 3.05) is 39.3 Å². The smallest absolute Gasteiger partial charge is 0.253 e. The van der Waals surface area contributed by atoms with Crippen LogP contribution in [0.2, 0.25) is 0 Å². The maximum Gasteiger partial charge on any atom is 0.253 e. The predicted molar refractivity (Wildman–Crippen MR) is 123 cm³/mol. The number of benzene rings is 2. The zero-order chi connectivity index (χ0) is 22.1. The summed E-state index contributed by atoms with van der Waals surface area (Å²) in [6.45, 7) is 5.50. The molecule has 7 nitrogen and oxygen atoms in total. The van der Waals surface area contributed by atoms with E-state index in [1.165, 1.54) is 0 Å². The fraction of sp³-hybridized carbons (Fsp3) is 0.400. The molecule has 0 unspecified atom stereocenters. The van der Waals surface area contributed by atoms with Crippen molar-refractivity contribution in [2.45, 2.75) is 19.4 Å². The van der Waals surface area contributed by atoms with Crippen LogP contribution < -0.4 is 0 Å². The molecule has 0 atom stereocenters. The van der Waals surface area contributed by atoms with Gasteiger partial charge in [0.25, 0.3) is 11.8 Å². The van der Waals surface area contributed by atoms with E-state index in [1.807, 2.05) is 65.4 Å². The summed E-state index contributed by atoms with van der Waals surface area (Å²) in [6, 6.07) is 15.3. The van der Waals surface area contributed by atoms with Crippen LogP contribution in [0, 0.1) is 0 Å². The van der Waals surface area contributed by atoms with E-state index >= 15 is 0 Å². The minimum absolute atomic E-state index is 0.100. The number of hydrogen-bond donors (Lipinski definition) is 0. The highest BCUT2D eigenvalue weighted by atomic mass is 16.2. The first-order chi connectivity index (χ1) is 15.6. The summed E-state index contributed by atoms with van der Waals surface area (Å²) in [5.41, 5.74) is 3.37. The van der Waals surface area contributed by atoms with Gasteiger partial charge in [-0.05, 0) is 43.2 Å². The molecule has 0 bridgehead atoms. The van der Waals surface area contributed by atoms with Crippen LogP contribution in [0.3, 0.4) is 0 Å². The van der Waals surface area contributed by atoms with Gasteiger partial charge in [0.05, 0.1) is 17.6 Å². The monoisotopic (exact) mass is 431 g/mol. The van der Waals surface area contributed by atoms with Crippen molar-refractivity contribution in [1.82, 2.24) is 24.3 Å². The first kappa shape index (κ1) is 20.7. The lowest BCUT2D eigenvalue weighted by molar-refractivity contribution is 0.0624. The second-order valence-electron chi connectivity index (χ2n) is 8.72. The number of carbonyl (C=O) groups excluding carboxylic acids is 2. The third kappa shape index (κ3) is 4.00. The van der Waals surface area contributed by atoms with Gasteiger partial charge in [0.15, 0.2) is 0 Å². The zero-order valence-corrected chi connectivity index (χ0v) is 18.5. The van der Waals surface area contributed by atoms with E-state index in [1.54, 1.807) is 0 Å². The van der Waals surface area contributed by atoms with Gasteiger partial charge in [-0.1, -0.05) is 18.2 Å². The summed E-state index contributed by atoms with van der Waals surface area (Å²) in [7, 11) is 2.03. The molecule has 5 rings (SSSR count). The fourth-order valence-corrected chi connectivity index (χ4v) is 4.70. The predicted octanol–water partition coefficient (Wildman–Crippen LogP) is 2.77. The molecule has 3 heterocycles. The molecular weight excluding hydrogens is 402 g/mol. The highest BCUT2D eigenvalue weighted by Gasteiger charge is 2.24. The van der Waals surface area contributed by atoms with E-state index in [0.29, 0.717) is 13.1 Å². The number of carbonyl (C=O) groups is 2. The van der Waals surface area contributed by atoms with Crippen molar-refractivity contribution < 1.29 is 9.59 Å². The van der Waals surface area contributed by atoms with E-state index in [4.69, 9.17) is 4.98 Å². The summed E-state index contributed by atoms with van der Waals surface area (Å²) in [5.74, 6) is 1.19. The number of amides is 2. The van der Waals surface area contributed by atoms with Gasteiger partial charge >= 0.3 is 0 Å². The SMILES string of the molecule is Cn1c(CN2CCN(C(=O)c3ccccc3)CC2)nc2cc(C(=O)N3CCCC3)ccc21. The van der Waals surface area contributed by atoms with Crippen molar-refractivity contribution in [3.8, 4) is 0 Å². The molecule has 0 radical (unpaired) electrons. The van der Waals surface area contributed by atoms with Crippen molar-refractivity contribution >= 4 is 22.8 Å². The van der Waals surface area contributed by atoms with E-state index in [0.717, 1.165) is 73.6 Å². The van der Waals surface area contributed by atoms with Crippen LogP contribution in [0.25, 0.3) is 11.0 Å². The standard InChI is InChI=1S/C25H29N5O2/c1-27-22-10-9-20(25(32)29-11-5-6-12-29)17-21(22)26-23(27)18-28-13-15-30(16-14-28)24(31)19-7-3-2-4-8-19/h2-4,7-10,17H,5-6,11-16,18H2,1H3. The lowest BCUT2D eigenvalue weighted by atomic mass is 10.2. The van der Waals surface area contributed by atoms with Crippen molar-refractivity contribution in [3.63, 3.8) is 0 Å². The first-order valence-electron chi connectivity index (χ1n) is 11.4. The average Bonchev–Trinajstić information content (AvgIpc) is 3.48. The van der Waals surface area contributed by atoms with E-state index in [-0.39, 0.29) is 11.8 Å². The molecule has 2 aromatic carbocycles. The molecular formula is C25H29N5O2. The molecule has 0 saturated carbocycles. The van der Waals surface area contributed by atoms with Gasteiger partial charge in [0, 0.05) is 57.4 Å². The summed E-state index contributed by atoms with van der Waals surface area (Å²) in [4.78, 5) is 36.5. The average molecular weight is 432 g/mol. The van der Waals surface area contributed by atoms with Crippen LogP contribution >= 0.6 is 0 Å².